The van der Waals surface area contributed by atoms with Crippen LogP contribution in [-0.2, 0) is 12.7 Å². The number of benzene rings is 1. The highest BCUT2D eigenvalue weighted by molar-refractivity contribution is 5.86. The van der Waals surface area contributed by atoms with Gasteiger partial charge >= 0.3 is 18.2 Å². The van der Waals surface area contributed by atoms with E-state index in [0.29, 0.717) is 43.7 Å². The van der Waals surface area contributed by atoms with Crippen LogP contribution in [0.1, 0.15) is 60.1 Å². The predicted molar refractivity (Wildman–Crippen MR) is 126 cm³/mol. The van der Waals surface area contributed by atoms with Crippen LogP contribution in [0.3, 0.4) is 0 Å². The molecule has 3 aliphatic heterocycles. The first-order valence-electron chi connectivity index (χ1n) is 12.4. The Morgan fingerprint density at radius 2 is 1.69 bits per heavy atom. The third kappa shape index (κ3) is 4.80. The Morgan fingerprint density at radius 3 is 2.33 bits per heavy atom. The molecule has 5 rings (SSSR count). The second-order valence-corrected chi connectivity index (χ2v) is 10.0. The topological polar surface area (TPSA) is 81.9 Å². The van der Waals surface area contributed by atoms with Gasteiger partial charge in [0.2, 0.25) is 0 Å². The number of aromatic carboxylic acids is 1. The van der Waals surface area contributed by atoms with Crippen LogP contribution in [0.25, 0.3) is 0 Å². The lowest BCUT2D eigenvalue weighted by Gasteiger charge is -2.45. The van der Waals surface area contributed by atoms with Gasteiger partial charge in [-0.1, -0.05) is 0 Å². The number of carboxylic acids is 1. The summed E-state index contributed by atoms with van der Waals surface area (Å²) in [6.07, 6.45) is 2.27. The van der Waals surface area contributed by atoms with Crippen LogP contribution in [0.5, 0.6) is 0 Å². The molecule has 0 unspecified atom stereocenters. The molecule has 0 atom stereocenters. The number of carbonyl (C=O) groups excluding carboxylic acids is 1. The molecule has 1 spiro atoms. The first-order chi connectivity index (χ1) is 17.1. The van der Waals surface area contributed by atoms with Crippen LogP contribution in [0.2, 0.25) is 0 Å². The van der Waals surface area contributed by atoms with Crippen molar-refractivity contribution in [2.45, 2.75) is 56.8 Å². The maximum atomic E-state index is 13.7. The van der Waals surface area contributed by atoms with Gasteiger partial charge in [-0.3, -0.25) is 4.90 Å². The summed E-state index contributed by atoms with van der Waals surface area (Å²) in [4.78, 5) is 29.9. The largest absolute Gasteiger partial charge is 0.476 e. The fourth-order valence-electron chi connectivity index (χ4n) is 5.92. The summed E-state index contributed by atoms with van der Waals surface area (Å²) in [5.41, 5.74) is 0.369. The molecule has 0 radical (unpaired) electrons. The molecule has 1 aromatic carbocycles. The fourth-order valence-corrected chi connectivity index (χ4v) is 5.92. The summed E-state index contributed by atoms with van der Waals surface area (Å²) in [6.45, 7) is 3.79. The van der Waals surface area contributed by atoms with Crippen LogP contribution < -0.4 is 4.90 Å². The first-order valence-corrected chi connectivity index (χ1v) is 12.4. The van der Waals surface area contributed by atoms with Gasteiger partial charge in [0.25, 0.3) is 0 Å². The summed E-state index contributed by atoms with van der Waals surface area (Å²) in [5, 5.41) is 12.9. The molecule has 0 bridgehead atoms. The lowest BCUT2D eigenvalue weighted by molar-refractivity contribution is -0.137. The molecular weight excluding hydrogens is 475 g/mol. The Kier molecular flexibility index (Phi) is 6.44. The van der Waals surface area contributed by atoms with Crippen molar-refractivity contribution < 1.29 is 27.9 Å². The van der Waals surface area contributed by atoms with Gasteiger partial charge in [-0.05, 0) is 74.9 Å². The molecule has 0 saturated carbocycles. The molecule has 1 N–H and O–H groups in total. The van der Waals surface area contributed by atoms with Gasteiger partial charge in [0.1, 0.15) is 0 Å². The van der Waals surface area contributed by atoms with Crippen LogP contribution in [-0.4, -0.2) is 74.9 Å². The number of nitrogens with zero attached hydrogens (tertiary/aromatic N) is 5. The lowest BCUT2D eigenvalue weighted by Crippen LogP contribution is -2.53. The number of carbonyl (C=O) groups is 2. The van der Waals surface area contributed by atoms with E-state index in [-0.39, 0.29) is 17.3 Å². The first kappa shape index (κ1) is 24.6. The standard InChI is InChI=1S/C25H30F3N5O3/c26-25(27,28)19-14-18(15-20(16-19)30-8-1-2-9-30)17-32-10-3-5-24(32)6-12-31(13-7-24)23(36)33-11-4-21(29-33)22(34)35/h4,11,14-16H,1-3,5-10,12-13,17H2,(H,34,35). The van der Waals surface area contributed by atoms with E-state index in [0.717, 1.165) is 50.0 Å². The Morgan fingerprint density at radius 1 is 0.972 bits per heavy atom. The Bertz CT molecular complexity index is 1130. The molecule has 4 heterocycles. The Hall–Kier alpha value is -3.08. The number of piperidine rings is 1. The number of hydrogen-bond acceptors (Lipinski definition) is 5. The van der Waals surface area contributed by atoms with Crippen molar-refractivity contribution in [3.8, 4) is 0 Å². The second kappa shape index (κ2) is 9.42. The van der Waals surface area contributed by atoms with Crippen molar-refractivity contribution in [1.82, 2.24) is 19.6 Å². The molecule has 3 fully saturated rings. The van der Waals surface area contributed by atoms with E-state index >= 15 is 0 Å². The molecule has 8 nitrogen and oxygen atoms in total. The highest BCUT2D eigenvalue weighted by atomic mass is 19.4. The van der Waals surface area contributed by atoms with Gasteiger partial charge < -0.3 is 14.9 Å². The van der Waals surface area contributed by atoms with Gasteiger partial charge in [-0.2, -0.15) is 23.0 Å². The third-order valence-electron chi connectivity index (χ3n) is 7.86. The monoisotopic (exact) mass is 505 g/mol. The third-order valence-corrected chi connectivity index (χ3v) is 7.86. The number of halogens is 3. The van der Waals surface area contributed by atoms with Crippen molar-refractivity contribution in [3.63, 3.8) is 0 Å². The van der Waals surface area contributed by atoms with Crippen LogP contribution >= 0.6 is 0 Å². The van der Waals surface area contributed by atoms with Crippen molar-refractivity contribution in [1.29, 1.82) is 0 Å². The zero-order valence-corrected chi connectivity index (χ0v) is 20.0. The number of anilines is 1. The predicted octanol–water partition coefficient (Wildman–Crippen LogP) is 4.30. The summed E-state index contributed by atoms with van der Waals surface area (Å²) in [5.74, 6) is -1.19. The Labute approximate surface area is 207 Å². The highest BCUT2D eigenvalue weighted by Crippen LogP contribution is 2.41. The second-order valence-electron chi connectivity index (χ2n) is 10.0. The fraction of sp³-hybridized carbons (Fsp3) is 0.560. The average Bonchev–Trinajstić information content (AvgIpc) is 3.61. The maximum absolute atomic E-state index is 13.7. The summed E-state index contributed by atoms with van der Waals surface area (Å²) < 4.78 is 42.1. The molecule has 3 saturated heterocycles. The van der Waals surface area contributed by atoms with E-state index in [1.165, 1.54) is 24.4 Å². The van der Waals surface area contributed by atoms with Crippen molar-refractivity contribution in [2.24, 2.45) is 0 Å². The smallest absolute Gasteiger partial charge is 0.416 e. The summed E-state index contributed by atoms with van der Waals surface area (Å²) in [6, 6.07) is 5.37. The van der Waals surface area contributed by atoms with Gasteiger partial charge in [-0.15, -0.1) is 0 Å². The molecule has 3 aliphatic rings. The molecular formula is C25H30F3N5O3. The molecule has 1 amide bonds. The number of likely N-dealkylation sites (tertiary alicyclic amines) is 2. The number of hydrogen-bond donors (Lipinski definition) is 1. The van der Waals surface area contributed by atoms with Crippen LogP contribution in [0, 0.1) is 0 Å². The molecule has 11 heteroatoms. The van der Waals surface area contributed by atoms with Gasteiger partial charge in [0, 0.05) is 50.1 Å². The normalized spacial score (nSPS) is 20.4. The van der Waals surface area contributed by atoms with E-state index < -0.39 is 17.7 Å². The maximum Gasteiger partial charge on any atom is 0.416 e. The van der Waals surface area contributed by atoms with E-state index in [9.17, 15) is 22.8 Å². The van der Waals surface area contributed by atoms with Crippen molar-refractivity contribution in [2.75, 3.05) is 37.6 Å². The SMILES string of the molecule is O=C(O)c1ccn(C(=O)N2CCC3(CCCN3Cc3cc(N4CCCC4)cc(C(F)(F)F)c3)CC2)n1. The zero-order chi connectivity index (χ0) is 25.5. The van der Waals surface area contributed by atoms with E-state index in [2.05, 4.69) is 10.00 Å². The molecule has 2 aromatic rings. The van der Waals surface area contributed by atoms with E-state index in [1.807, 2.05) is 11.0 Å². The van der Waals surface area contributed by atoms with Crippen LogP contribution in [0.15, 0.2) is 30.5 Å². The van der Waals surface area contributed by atoms with E-state index in [4.69, 9.17) is 5.11 Å². The zero-order valence-electron chi connectivity index (χ0n) is 20.0. The number of aromatic nitrogens is 2. The highest BCUT2D eigenvalue weighted by Gasteiger charge is 2.44. The minimum atomic E-state index is -4.40. The summed E-state index contributed by atoms with van der Waals surface area (Å²) >= 11 is 0. The lowest BCUT2D eigenvalue weighted by atomic mass is 9.84. The molecule has 194 valence electrons. The Balaban J connectivity index is 1.30. The minimum Gasteiger partial charge on any atom is -0.476 e. The molecule has 1 aromatic heterocycles. The van der Waals surface area contributed by atoms with Crippen molar-refractivity contribution >= 4 is 17.7 Å². The van der Waals surface area contributed by atoms with Gasteiger partial charge in [0.15, 0.2) is 5.69 Å². The minimum absolute atomic E-state index is 0.158. The number of amides is 1. The van der Waals surface area contributed by atoms with Gasteiger partial charge in [0.05, 0.1) is 5.56 Å². The number of rotatable bonds is 4. The molecule has 36 heavy (non-hydrogen) atoms. The number of carboxylic acid groups (broad SMARTS) is 1. The van der Waals surface area contributed by atoms with Gasteiger partial charge in [-0.25, -0.2) is 9.59 Å². The number of alkyl halides is 3. The van der Waals surface area contributed by atoms with Crippen molar-refractivity contribution in [3.05, 3.63) is 47.3 Å². The summed E-state index contributed by atoms with van der Waals surface area (Å²) in [7, 11) is 0. The van der Waals surface area contributed by atoms with E-state index in [1.54, 1.807) is 4.90 Å². The quantitative estimate of drug-likeness (QED) is 0.668. The average molecular weight is 506 g/mol. The molecule has 0 aliphatic carbocycles. The van der Waals surface area contributed by atoms with Crippen LogP contribution in [0.4, 0.5) is 23.7 Å².